The van der Waals surface area contributed by atoms with E-state index in [4.69, 9.17) is 4.42 Å². The van der Waals surface area contributed by atoms with E-state index in [1.54, 1.807) is 0 Å². The maximum absolute atomic E-state index is 11.1. The fraction of sp³-hybridized carbons (Fsp3) is 0.111. The SMILES string of the molecule is COC(=O)c1nc2cc([N+](=O)[O-])ccc2o1. The number of nitrogens with zero attached hydrogens (tertiary/aromatic N) is 2. The third-order valence-corrected chi connectivity index (χ3v) is 1.94. The summed E-state index contributed by atoms with van der Waals surface area (Å²) in [4.78, 5) is 24.8. The lowest BCUT2D eigenvalue weighted by atomic mass is 10.3. The summed E-state index contributed by atoms with van der Waals surface area (Å²) in [5.74, 6) is -0.947. The zero-order valence-electron chi connectivity index (χ0n) is 8.17. The predicted molar refractivity (Wildman–Crippen MR) is 52.0 cm³/mol. The lowest BCUT2D eigenvalue weighted by molar-refractivity contribution is -0.384. The normalized spacial score (nSPS) is 10.3. The van der Waals surface area contributed by atoms with Crippen LogP contribution in [0.4, 0.5) is 5.69 Å². The van der Waals surface area contributed by atoms with Crippen molar-refractivity contribution >= 4 is 22.8 Å². The van der Waals surface area contributed by atoms with Gasteiger partial charge in [-0.05, 0) is 6.07 Å². The van der Waals surface area contributed by atoms with Crippen molar-refractivity contribution in [3.63, 3.8) is 0 Å². The van der Waals surface area contributed by atoms with Gasteiger partial charge in [0.25, 0.3) is 5.69 Å². The lowest BCUT2D eigenvalue weighted by Crippen LogP contribution is -2.00. The molecule has 7 heteroatoms. The van der Waals surface area contributed by atoms with Crippen molar-refractivity contribution in [2.45, 2.75) is 0 Å². The molecule has 0 spiro atoms. The van der Waals surface area contributed by atoms with Crippen LogP contribution in [-0.4, -0.2) is 23.0 Å². The molecule has 1 heterocycles. The van der Waals surface area contributed by atoms with E-state index in [2.05, 4.69) is 9.72 Å². The molecule has 0 saturated heterocycles. The van der Waals surface area contributed by atoms with E-state index in [0.29, 0.717) is 5.58 Å². The molecule has 1 aromatic heterocycles. The third kappa shape index (κ3) is 1.58. The summed E-state index contributed by atoms with van der Waals surface area (Å²) in [7, 11) is 1.19. The maximum atomic E-state index is 11.1. The molecule has 2 aromatic rings. The van der Waals surface area contributed by atoms with Gasteiger partial charge in [-0.2, -0.15) is 0 Å². The first-order valence-electron chi connectivity index (χ1n) is 4.25. The fourth-order valence-corrected chi connectivity index (χ4v) is 1.20. The Kier molecular flexibility index (Phi) is 2.28. The number of methoxy groups -OCH3 is 1. The third-order valence-electron chi connectivity index (χ3n) is 1.94. The molecular weight excluding hydrogens is 216 g/mol. The molecule has 82 valence electrons. The number of hydrogen-bond donors (Lipinski definition) is 0. The average molecular weight is 222 g/mol. The predicted octanol–water partition coefficient (Wildman–Crippen LogP) is 1.52. The van der Waals surface area contributed by atoms with Crippen molar-refractivity contribution < 1.29 is 18.9 Å². The van der Waals surface area contributed by atoms with Crippen LogP contribution >= 0.6 is 0 Å². The van der Waals surface area contributed by atoms with Crippen molar-refractivity contribution in [2.24, 2.45) is 0 Å². The number of ether oxygens (including phenoxy) is 1. The van der Waals surface area contributed by atoms with Gasteiger partial charge in [-0.25, -0.2) is 9.78 Å². The van der Waals surface area contributed by atoms with Crippen LogP contribution in [0, 0.1) is 10.1 Å². The molecule has 16 heavy (non-hydrogen) atoms. The molecule has 0 fully saturated rings. The van der Waals surface area contributed by atoms with Crippen LogP contribution in [0.1, 0.15) is 10.7 Å². The van der Waals surface area contributed by atoms with Crippen molar-refractivity contribution in [3.05, 3.63) is 34.2 Å². The van der Waals surface area contributed by atoms with Crippen LogP contribution < -0.4 is 0 Å². The standard InChI is InChI=1S/C9H6N2O5/c1-15-9(12)8-10-6-4-5(11(13)14)2-3-7(6)16-8/h2-4H,1H3. The number of carbonyl (C=O) groups is 1. The molecule has 7 nitrogen and oxygen atoms in total. The number of carbonyl (C=O) groups excluding carboxylic acids is 1. The van der Waals surface area contributed by atoms with E-state index in [9.17, 15) is 14.9 Å². The summed E-state index contributed by atoms with van der Waals surface area (Å²) >= 11 is 0. The van der Waals surface area contributed by atoms with Crippen LogP contribution in [0.5, 0.6) is 0 Å². The highest BCUT2D eigenvalue weighted by Crippen LogP contribution is 2.21. The number of oxazole rings is 1. The zero-order valence-corrected chi connectivity index (χ0v) is 8.17. The van der Waals surface area contributed by atoms with Crippen LogP contribution in [0.15, 0.2) is 22.6 Å². The Labute approximate surface area is 88.8 Å². The molecule has 0 aliphatic carbocycles. The Morgan fingerprint density at radius 1 is 1.56 bits per heavy atom. The maximum Gasteiger partial charge on any atom is 0.394 e. The van der Waals surface area contributed by atoms with Crippen LogP contribution in [0.25, 0.3) is 11.1 Å². The van der Waals surface area contributed by atoms with E-state index >= 15 is 0 Å². The highest BCUT2D eigenvalue weighted by molar-refractivity contribution is 5.88. The summed E-state index contributed by atoms with van der Waals surface area (Å²) < 4.78 is 9.46. The van der Waals surface area contributed by atoms with Gasteiger partial charge in [0.15, 0.2) is 5.58 Å². The summed E-state index contributed by atoms with van der Waals surface area (Å²) in [6, 6.07) is 3.88. The molecular formula is C9H6N2O5. The topological polar surface area (TPSA) is 95.5 Å². The first-order valence-corrected chi connectivity index (χ1v) is 4.25. The number of aromatic nitrogens is 1. The Hall–Kier alpha value is -2.44. The van der Waals surface area contributed by atoms with E-state index < -0.39 is 10.9 Å². The Morgan fingerprint density at radius 3 is 2.94 bits per heavy atom. The first-order chi connectivity index (χ1) is 7.61. The number of esters is 1. The highest BCUT2D eigenvalue weighted by atomic mass is 16.6. The number of fused-ring (bicyclic) bond motifs is 1. The largest absolute Gasteiger partial charge is 0.462 e. The summed E-state index contributed by atoms with van der Waals surface area (Å²) in [6.07, 6.45) is 0. The van der Waals surface area contributed by atoms with Gasteiger partial charge < -0.3 is 9.15 Å². The summed E-state index contributed by atoms with van der Waals surface area (Å²) in [6.45, 7) is 0. The van der Waals surface area contributed by atoms with Gasteiger partial charge in [0.05, 0.1) is 12.0 Å². The van der Waals surface area contributed by atoms with Crippen molar-refractivity contribution in [3.8, 4) is 0 Å². The van der Waals surface area contributed by atoms with E-state index in [-0.39, 0.29) is 17.1 Å². The van der Waals surface area contributed by atoms with Crippen LogP contribution in [0.3, 0.4) is 0 Å². The molecule has 0 N–H and O–H groups in total. The van der Waals surface area contributed by atoms with Gasteiger partial charge >= 0.3 is 11.9 Å². The molecule has 2 rings (SSSR count). The quantitative estimate of drug-likeness (QED) is 0.434. The average Bonchev–Trinajstić information content (AvgIpc) is 2.70. The molecule has 0 saturated carbocycles. The van der Waals surface area contributed by atoms with Crippen molar-refractivity contribution in [1.82, 2.24) is 4.98 Å². The number of non-ortho nitro benzene ring substituents is 1. The number of benzene rings is 1. The molecule has 1 aromatic carbocycles. The van der Waals surface area contributed by atoms with E-state index in [0.717, 1.165) is 0 Å². The number of hydrogen-bond acceptors (Lipinski definition) is 6. The minimum Gasteiger partial charge on any atom is -0.462 e. The molecule has 0 unspecified atom stereocenters. The van der Waals surface area contributed by atoms with Crippen molar-refractivity contribution in [2.75, 3.05) is 7.11 Å². The van der Waals surface area contributed by atoms with Gasteiger partial charge in [-0.3, -0.25) is 10.1 Å². The van der Waals surface area contributed by atoms with Gasteiger partial charge in [-0.1, -0.05) is 0 Å². The molecule has 0 aliphatic rings. The molecule has 0 aliphatic heterocycles. The van der Waals surface area contributed by atoms with E-state index in [1.807, 2.05) is 0 Å². The first kappa shape index (κ1) is 10.1. The minimum atomic E-state index is -0.723. The van der Waals surface area contributed by atoms with Crippen LogP contribution in [0.2, 0.25) is 0 Å². The molecule has 0 radical (unpaired) electrons. The molecule has 0 atom stereocenters. The summed E-state index contributed by atoms with van der Waals surface area (Å²) in [5.41, 5.74) is 0.429. The molecule has 0 amide bonds. The van der Waals surface area contributed by atoms with Gasteiger partial charge in [0.2, 0.25) is 0 Å². The zero-order chi connectivity index (χ0) is 11.7. The number of nitro groups is 1. The monoisotopic (exact) mass is 222 g/mol. The highest BCUT2D eigenvalue weighted by Gasteiger charge is 2.16. The van der Waals surface area contributed by atoms with Gasteiger partial charge in [0.1, 0.15) is 5.52 Å². The second kappa shape index (κ2) is 3.61. The van der Waals surface area contributed by atoms with Gasteiger partial charge in [0, 0.05) is 12.1 Å². The summed E-state index contributed by atoms with van der Waals surface area (Å²) in [5, 5.41) is 10.5. The van der Waals surface area contributed by atoms with Crippen LogP contribution in [-0.2, 0) is 4.74 Å². The second-order valence-corrected chi connectivity index (χ2v) is 2.92. The number of rotatable bonds is 2. The minimum absolute atomic E-state index is 0.114. The Balaban J connectivity index is 2.54. The smallest absolute Gasteiger partial charge is 0.394 e. The van der Waals surface area contributed by atoms with E-state index in [1.165, 1.54) is 25.3 Å². The Morgan fingerprint density at radius 2 is 2.31 bits per heavy atom. The second-order valence-electron chi connectivity index (χ2n) is 2.92. The number of nitro benzene ring substituents is 1. The lowest BCUT2D eigenvalue weighted by Gasteiger charge is -1.88. The molecule has 0 bridgehead atoms. The van der Waals surface area contributed by atoms with Crippen molar-refractivity contribution in [1.29, 1.82) is 0 Å². The fourth-order valence-electron chi connectivity index (χ4n) is 1.20. The van der Waals surface area contributed by atoms with Gasteiger partial charge in [-0.15, -0.1) is 0 Å². The Bertz CT molecular complexity index is 574.